The second kappa shape index (κ2) is 14.8. The molecule has 320 valence electrons. The quantitative estimate of drug-likeness (QED) is 0.173. The Morgan fingerprint density at radius 2 is 0.870 bits per heavy atom. The van der Waals surface area contributed by atoms with Crippen LogP contribution in [0.4, 0.5) is 0 Å². The second-order valence-electron chi connectivity index (χ2n) is 18.0. The lowest BCUT2D eigenvalue weighted by molar-refractivity contribution is 0.672. The molecule has 0 radical (unpaired) electrons. The van der Waals surface area contributed by atoms with Gasteiger partial charge in [0.05, 0.1) is 22.1 Å². The molecule has 0 N–H and O–H groups in total. The van der Waals surface area contributed by atoms with E-state index in [0.29, 0.717) is 17.5 Å². The summed E-state index contributed by atoms with van der Waals surface area (Å²) in [5.41, 5.74) is 9.75. The number of rotatable bonds is 5. The van der Waals surface area contributed by atoms with E-state index in [4.69, 9.17) is 19.4 Å². The molecule has 11 aromatic carbocycles. The van der Waals surface area contributed by atoms with E-state index in [0.717, 1.165) is 77.2 Å². The smallest absolute Gasteiger partial charge is 0.164 e. The van der Waals surface area contributed by atoms with Crippen LogP contribution in [0.1, 0.15) is 0 Å². The number of hydrogen-bond donors (Lipinski definition) is 0. The Balaban J connectivity index is 1.03. The highest BCUT2D eigenvalue weighted by atomic mass is 32.1. The van der Waals surface area contributed by atoms with Gasteiger partial charge in [0, 0.05) is 58.4 Å². The summed E-state index contributed by atoms with van der Waals surface area (Å²) in [5.74, 6) is 1.76. The maximum Gasteiger partial charge on any atom is 0.164 e. The molecule has 4 heterocycles. The summed E-state index contributed by atoms with van der Waals surface area (Å²) in [5, 5.41) is 13.8. The monoisotopic (exact) mass is 896 g/mol. The molecular formula is C63H36N4OS. The van der Waals surface area contributed by atoms with Crippen LogP contribution in [0.2, 0.25) is 0 Å². The number of benzene rings is 11. The van der Waals surface area contributed by atoms with Gasteiger partial charge in [-0.1, -0.05) is 152 Å². The summed E-state index contributed by atoms with van der Waals surface area (Å²) >= 11 is 1.80. The van der Waals surface area contributed by atoms with E-state index in [1.165, 1.54) is 52.5 Å². The van der Waals surface area contributed by atoms with Crippen molar-refractivity contribution in [1.29, 1.82) is 0 Å². The molecule has 0 saturated carbocycles. The van der Waals surface area contributed by atoms with Crippen molar-refractivity contribution in [2.24, 2.45) is 0 Å². The van der Waals surface area contributed by atoms with Crippen molar-refractivity contribution in [3.05, 3.63) is 218 Å². The van der Waals surface area contributed by atoms with Gasteiger partial charge in [0.15, 0.2) is 17.5 Å². The first-order valence-electron chi connectivity index (χ1n) is 23.2. The average molecular weight is 897 g/mol. The molecule has 0 spiro atoms. The Morgan fingerprint density at radius 1 is 0.333 bits per heavy atom. The molecule has 6 heteroatoms. The third kappa shape index (κ3) is 5.99. The number of fused-ring (bicyclic) bond motifs is 13. The van der Waals surface area contributed by atoms with Crippen LogP contribution < -0.4 is 0 Å². The molecule has 69 heavy (non-hydrogen) atoms. The molecular weight excluding hydrogens is 861 g/mol. The van der Waals surface area contributed by atoms with E-state index in [-0.39, 0.29) is 0 Å². The van der Waals surface area contributed by atoms with Crippen molar-refractivity contribution < 1.29 is 4.42 Å². The standard InChI is InChI=1S/C63H36N4OS/c1-2-12-37(13-3-1)38-22-24-40(25-23-38)61-64-62(45-27-29-58-52(32-45)48-20-10-11-21-57(48)69-58)66-63(65-61)46-35-55(59-49-28-26-39-14-8-9-19-47(39)60(49)68-56(59)36-46)67-53-33-43-17-6-4-15-41(43)30-50(53)51-31-42-16-5-7-18-44(42)34-54(51)67/h1-36H. The number of thiophene rings is 1. The van der Waals surface area contributed by atoms with Crippen LogP contribution in [0.15, 0.2) is 223 Å². The zero-order valence-electron chi connectivity index (χ0n) is 36.9. The third-order valence-corrected chi connectivity index (χ3v) is 15.1. The number of nitrogens with zero attached hydrogens (tertiary/aromatic N) is 4. The molecule has 0 unspecified atom stereocenters. The molecule has 0 atom stereocenters. The van der Waals surface area contributed by atoms with E-state index >= 15 is 0 Å². The van der Waals surface area contributed by atoms with Crippen molar-refractivity contribution in [1.82, 2.24) is 19.5 Å². The molecule has 0 bridgehead atoms. The van der Waals surface area contributed by atoms with Crippen molar-refractivity contribution in [2.45, 2.75) is 0 Å². The largest absolute Gasteiger partial charge is 0.455 e. The lowest BCUT2D eigenvalue weighted by Gasteiger charge is -2.14. The Labute approximate surface area is 398 Å². The zero-order valence-corrected chi connectivity index (χ0v) is 37.7. The SMILES string of the molecule is c1ccc(-c2ccc(-c3nc(-c4cc(-n5c6cc7ccccc7cc6c6cc7ccccc7cc65)c5c(c4)oc4c6ccccc6ccc45)nc(-c4ccc5sc6ccccc6c5c4)n3)cc2)cc1. The van der Waals surface area contributed by atoms with Crippen molar-refractivity contribution in [2.75, 3.05) is 0 Å². The van der Waals surface area contributed by atoms with Gasteiger partial charge in [0.1, 0.15) is 11.2 Å². The molecule has 5 nitrogen and oxygen atoms in total. The molecule has 0 aliphatic heterocycles. The van der Waals surface area contributed by atoms with Crippen molar-refractivity contribution in [3.8, 4) is 51.0 Å². The maximum absolute atomic E-state index is 7.11. The van der Waals surface area contributed by atoms with Crippen LogP contribution >= 0.6 is 11.3 Å². The molecule has 15 aromatic rings. The molecule has 0 fully saturated rings. The topological polar surface area (TPSA) is 56.7 Å². The van der Waals surface area contributed by atoms with E-state index in [1.807, 2.05) is 6.07 Å². The Kier molecular flexibility index (Phi) is 8.17. The van der Waals surface area contributed by atoms with Gasteiger partial charge in [-0.3, -0.25) is 0 Å². The van der Waals surface area contributed by atoms with E-state index in [2.05, 4.69) is 217 Å². The van der Waals surface area contributed by atoms with Crippen molar-refractivity contribution >= 4 is 108 Å². The van der Waals surface area contributed by atoms with Gasteiger partial charge in [-0.15, -0.1) is 11.3 Å². The molecule has 0 amide bonds. The highest BCUT2D eigenvalue weighted by Crippen LogP contribution is 2.45. The van der Waals surface area contributed by atoms with E-state index in [9.17, 15) is 0 Å². The van der Waals surface area contributed by atoms with E-state index < -0.39 is 0 Å². The Morgan fingerprint density at radius 3 is 1.58 bits per heavy atom. The summed E-state index contributed by atoms with van der Waals surface area (Å²) in [6, 6.07) is 78.1. The summed E-state index contributed by atoms with van der Waals surface area (Å²) in [7, 11) is 0. The summed E-state index contributed by atoms with van der Waals surface area (Å²) in [6.45, 7) is 0. The summed E-state index contributed by atoms with van der Waals surface area (Å²) in [4.78, 5) is 16.0. The van der Waals surface area contributed by atoms with Crippen LogP contribution in [0.25, 0.3) is 147 Å². The average Bonchev–Trinajstić information content (AvgIpc) is 4.08. The third-order valence-electron chi connectivity index (χ3n) is 14.0. The number of hydrogen-bond acceptors (Lipinski definition) is 5. The van der Waals surface area contributed by atoms with Crippen LogP contribution in [0, 0.1) is 0 Å². The summed E-state index contributed by atoms with van der Waals surface area (Å²) in [6.07, 6.45) is 0. The number of aromatic nitrogens is 4. The van der Waals surface area contributed by atoms with Gasteiger partial charge in [-0.05, 0) is 105 Å². The molecule has 0 aliphatic carbocycles. The van der Waals surface area contributed by atoms with Crippen LogP contribution in [-0.2, 0) is 0 Å². The van der Waals surface area contributed by atoms with Crippen LogP contribution in [0.5, 0.6) is 0 Å². The Bertz CT molecular complexity index is 4510. The first-order chi connectivity index (χ1) is 34.1. The minimum Gasteiger partial charge on any atom is -0.455 e. The zero-order chi connectivity index (χ0) is 45.2. The van der Waals surface area contributed by atoms with Gasteiger partial charge < -0.3 is 8.98 Å². The van der Waals surface area contributed by atoms with Gasteiger partial charge in [0.25, 0.3) is 0 Å². The molecule has 4 aromatic heterocycles. The van der Waals surface area contributed by atoms with Crippen molar-refractivity contribution in [3.63, 3.8) is 0 Å². The first-order valence-corrected chi connectivity index (χ1v) is 24.0. The van der Waals surface area contributed by atoms with Gasteiger partial charge in [-0.25, -0.2) is 15.0 Å². The fraction of sp³-hybridized carbons (Fsp3) is 0. The van der Waals surface area contributed by atoms with Crippen LogP contribution in [0.3, 0.4) is 0 Å². The lowest BCUT2D eigenvalue weighted by Crippen LogP contribution is -2.01. The highest BCUT2D eigenvalue weighted by molar-refractivity contribution is 7.25. The van der Waals surface area contributed by atoms with Gasteiger partial charge in [0.2, 0.25) is 0 Å². The predicted octanol–water partition coefficient (Wildman–Crippen LogP) is 17.4. The number of furan rings is 1. The van der Waals surface area contributed by atoms with Gasteiger partial charge >= 0.3 is 0 Å². The normalized spacial score (nSPS) is 12.1. The maximum atomic E-state index is 7.11. The Hall–Kier alpha value is -8.97. The minimum absolute atomic E-state index is 0.558. The lowest BCUT2D eigenvalue weighted by atomic mass is 10.0. The van der Waals surface area contributed by atoms with Crippen LogP contribution in [-0.4, -0.2) is 19.5 Å². The molecule has 0 saturated heterocycles. The fourth-order valence-electron chi connectivity index (χ4n) is 10.6. The summed E-state index contributed by atoms with van der Waals surface area (Å²) < 4.78 is 12.0. The molecule has 0 aliphatic rings. The first kappa shape index (κ1) is 38.2. The van der Waals surface area contributed by atoms with E-state index in [1.54, 1.807) is 11.3 Å². The minimum atomic E-state index is 0.558. The predicted molar refractivity (Wildman–Crippen MR) is 289 cm³/mol. The second-order valence-corrected chi connectivity index (χ2v) is 19.0. The fourth-order valence-corrected chi connectivity index (χ4v) is 11.7. The highest BCUT2D eigenvalue weighted by Gasteiger charge is 2.23. The van der Waals surface area contributed by atoms with Gasteiger partial charge in [-0.2, -0.15) is 0 Å². The molecule has 15 rings (SSSR count).